The Morgan fingerprint density at radius 2 is 2.15 bits per heavy atom. The van der Waals surface area contributed by atoms with E-state index in [4.69, 9.17) is 4.55 Å². The van der Waals surface area contributed by atoms with Crippen LogP contribution in [0.25, 0.3) is 0 Å². The lowest BCUT2D eigenvalue weighted by Gasteiger charge is -2.23. The van der Waals surface area contributed by atoms with Crippen LogP contribution >= 0.6 is 0 Å². The number of carbonyl (C=O) groups excluding carboxylic acids is 1. The monoisotopic (exact) mass is 208 g/mol. The lowest BCUT2D eigenvalue weighted by Crippen LogP contribution is -2.38. The molecule has 0 saturated carbocycles. The minimum Gasteiger partial charge on any atom is -0.437 e. The van der Waals surface area contributed by atoms with Crippen LogP contribution in [0.15, 0.2) is 12.7 Å². The first-order chi connectivity index (χ1) is 5.77. The topological polar surface area (TPSA) is 80.7 Å². The average Bonchev–Trinajstić information content (AvgIpc) is 2.02. The highest BCUT2D eigenvalue weighted by Crippen LogP contribution is 2.21. The summed E-state index contributed by atoms with van der Waals surface area (Å²) in [5, 5.41) is 0. The molecule has 0 aliphatic heterocycles. The van der Waals surface area contributed by atoms with E-state index in [1.165, 1.54) is 6.92 Å². The van der Waals surface area contributed by atoms with Crippen LogP contribution in [0.5, 0.6) is 0 Å². The van der Waals surface area contributed by atoms with Gasteiger partial charge in [0.2, 0.25) is 4.93 Å². The van der Waals surface area contributed by atoms with Gasteiger partial charge in [-0.2, -0.15) is 8.42 Å². The molecule has 0 fully saturated rings. The van der Waals surface area contributed by atoms with Gasteiger partial charge in [-0.05, 0) is 6.92 Å². The van der Waals surface area contributed by atoms with Gasteiger partial charge >= 0.3 is 16.1 Å². The number of ether oxygens (including phenoxy) is 1. The van der Waals surface area contributed by atoms with Gasteiger partial charge in [0.25, 0.3) is 0 Å². The van der Waals surface area contributed by atoms with Gasteiger partial charge in [0.05, 0.1) is 0 Å². The third kappa shape index (κ3) is 2.82. The van der Waals surface area contributed by atoms with Crippen molar-refractivity contribution in [3.05, 3.63) is 12.7 Å². The summed E-state index contributed by atoms with van der Waals surface area (Å²) < 4.78 is 34.8. The van der Waals surface area contributed by atoms with Gasteiger partial charge < -0.3 is 4.74 Å². The minimum absolute atomic E-state index is 0.0363. The van der Waals surface area contributed by atoms with Gasteiger partial charge in [0.15, 0.2) is 0 Å². The zero-order valence-electron chi connectivity index (χ0n) is 7.48. The molecule has 13 heavy (non-hydrogen) atoms. The van der Waals surface area contributed by atoms with Crippen LogP contribution in [0.2, 0.25) is 0 Å². The zero-order valence-corrected chi connectivity index (χ0v) is 8.30. The Morgan fingerprint density at radius 3 is 2.38 bits per heavy atom. The SMILES string of the molecule is C=CC(=O)OC(C)(CC)S(=O)(=O)O. The predicted octanol–water partition coefficient (Wildman–Crippen LogP) is 0.730. The standard InChI is InChI=1S/C7H12O5S/c1-4-6(8)12-7(3,5-2)13(9,10)11/h4H,1,5H2,2-3H3,(H,9,10,11). The molecule has 0 rings (SSSR count). The molecule has 6 heteroatoms. The Kier molecular flexibility index (Phi) is 3.62. The van der Waals surface area contributed by atoms with Crippen molar-refractivity contribution in [2.75, 3.05) is 0 Å². The fourth-order valence-corrected chi connectivity index (χ4v) is 1.11. The lowest BCUT2D eigenvalue weighted by molar-refractivity contribution is -0.145. The Labute approximate surface area is 77.1 Å². The minimum atomic E-state index is -4.41. The lowest BCUT2D eigenvalue weighted by atomic mass is 10.3. The highest BCUT2D eigenvalue weighted by atomic mass is 32.2. The van der Waals surface area contributed by atoms with Crippen molar-refractivity contribution >= 4 is 16.1 Å². The second-order valence-corrected chi connectivity index (χ2v) is 4.40. The van der Waals surface area contributed by atoms with Crippen LogP contribution in [0, 0.1) is 0 Å². The molecule has 0 aromatic carbocycles. The molecule has 0 saturated heterocycles. The molecule has 1 N–H and O–H groups in total. The van der Waals surface area contributed by atoms with Crippen molar-refractivity contribution in [1.29, 1.82) is 0 Å². The second-order valence-electron chi connectivity index (χ2n) is 2.59. The van der Waals surface area contributed by atoms with Gasteiger partial charge in [-0.15, -0.1) is 0 Å². The van der Waals surface area contributed by atoms with E-state index in [1.54, 1.807) is 0 Å². The first-order valence-corrected chi connectivity index (χ1v) is 5.03. The van der Waals surface area contributed by atoms with Gasteiger partial charge in [0.1, 0.15) is 0 Å². The molecule has 0 aromatic rings. The van der Waals surface area contributed by atoms with Crippen molar-refractivity contribution in [1.82, 2.24) is 0 Å². The number of hydrogen-bond acceptors (Lipinski definition) is 4. The van der Waals surface area contributed by atoms with Crippen LogP contribution in [0.4, 0.5) is 0 Å². The molecule has 1 atom stereocenters. The second kappa shape index (κ2) is 3.89. The van der Waals surface area contributed by atoms with Crippen molar-refractivity contribution < 1.29 is 22.5 Å². The van der Waals surface area contributed by atoms with E-state index in [2.05, 4.69) is 11.3 Å². The molecule has 0 radical (unpaired) electrons. The van der Waals surface area contributed by atoms with Crippen molar-refractivity contribution in [3.63, 3.8) is 0 Å². The number of rotatable bonds is 4. The molecule has 1 unspecified atom stereocenters. The summed E-state index contributed by atoms with van der Waals surface area (Å²) in [5.41, 5.74) is 0. The summed E-state index contributed by atoms with van der Waals surface area (Å²) >= 11 is 0. The maximum Gasteiger partial charge on any atom is 0.331 e. The Hall–Kier alpha value is -0.880. The molecule has 0 amide bonds. The molecule has 0 heterocycles. The molecule has 5 nitrogen and oxygen atoms in total. The van der Waals surface area contributed by atoms with Crippen LogP contribution < -0.4 is 0 Å². The molecular formula is C7H12O5S. The molecule has 0 aromatic heterocycles. The van der Waals surface area contributed by atoms with E-state index in [9.17, 15) is 13.2 Å². The van der Waals surface area contributed by atoms with E-state index in [-0.39, 0.29) is 6.42 Å². The summed E-state index contributed by atoms with van der Waals surface area (Å²) in [6.07, 6.45) is 0.796. The summed E-state index contributed by atoms with van der Waals surface area (Å²) in [6.45, 7) is 5.70. The van der Waals surface area contributed by atoms with Crippen molar-refractivity contribution in [2.45, 2.75) is 25.2 Å². The average molecular weight is 208 g/mol. The first kappa shape index (κ1) is 12.1. The van der Waals surface area contributed by atoms with Crippen LogP contribution in [-0.2, 0) is 19.6 Å². The number of carbonyl (C=O) groups is 1. The number of esters is 1. The summed E-state index contributed by atoms with van der Waals surface area (Å²) in [7, 11) is -4.41. The summed E-state index contributed by atoms with van der Waals surface area (Å²) in [4.78, 5) is 8.83. The summed E-state index contributed by atoms with van der Waals surface area (Å²) in [6, 6.07) is 0. The fourth-order valence-electron chi connectivity index (χ4n) is 0.562. The normalized spacial score (nSPS) is 15.9. The van der Waals surface area contributed by atoms with E-state index >= 15 is 0 Å². The third-order valence-electron chi connectivity index (χ3n) is 1.67. The molecule has 0 aliphatic rings. The van der Waals surface area contributed by atoms with Crippen molar-refractivity contribution in [3.8, 4) is 0 Å². The summed E-state index contributed by atoms with van der Waals surface area (Å²) in [5.74, 6) is -0.887. The Balaban J connectivity index is 4.87. The maximum absolute atomic E-state index is 10.8. The van der Waals surface area contributed by atoms with E-state index < -0.39 is 21.0 Å². The number of hydrogen-bond donors (Lipinski definition) is 1. The third-order valence-corrected chi connectivity index (χ3v) is 3.13. The van der Waals surface area contributed by atoms with Gasteiger partial charge in [-0.3, -0.25) is 4.55 Å². The zero-order chi connectivity index (χ0) is 10.7. The van der Waals surface area contributed by atoms with E-state index in [0.29, 0.717) is 0 Å². The largest absolute Gasteiger partial charge is 0.437 e. The van der Waals surface area contributed by atoms with E-state index in [0.717, 1.165) is 13.0 Å². The van der Waals surface area contributed by atoms with Crippen LogP contribution in [0.3, 0.4) is 0 Å². The maximum atomic E-state index is 10.8. The van der Waals surface area contributed by atoms with Gasteiger partial charge in [-0.1, -0.05) is 13.5 Å². The fraction of sp³-hybridized carbons (Fsp3) is 0.571. The highest BCUT2D eigenvalue weighted by Gasteiger charge is 2.39. The highest BCUT2D eigenvalue weighted by molar-refractivity contribution is 7.87. The van der Waals surface area contributed by atoms with Gasteiger partial charge in [0, 0.05) is 12.5 Å². The van der Waals surface area contributed by atoms with E-state index in [1.807, 2.05) is 0 Å². The van der Waals surface area contributed by atoms with Crippen molar-refractivity contribution in [2.24, 2.45) is 0 Å². The van der Waals surface area contributed by atoms with Crippen LogP contribution in [0.1, 0.15) is 20.3 Å². The van der Waals surface area contributed by atoms with Gasteiger partial charge in [-0.25, -0.2) is 4.79 Å². The Bertz CT molecular complexity index is 305. The Morgan fingerprint density at radius 1 is 1.69 bits per heavy atom. The first-order valence-electron chi connectivity index (χ1n) is 3.59. The molecule has 0 bridgehead atoms. The van der Waals surface area contributed by atoms with Crippen LogP contribution in [-0.4, -0.2) is 23.9 Å². The molecule has 76 valence electrons. The molecule has 0 aliphatic carbocycles. The quantitative estimate of drug-likeness (QED) is 0.418. The smallest absolute Gasteiger partial charge is 0.331 e. The predicted molar refractivity (Wildman–Crippen MR) is 46.5 cm³/mol. The molecule has 0 spiro atoms. The molecular weight excluding hydrogens is 196 g/mol.